The van der Waals surface area contributed by atoms with Crippen molar-refractivity contribution in [3.05, 3.63) is 64.7 Å². The highest BCUT2D eigenvalue weighted by atomic mass is 32.2. The normalized spacial score (nSPS) is 21.2. The van der Waals surface area contributed by atoms with Gasteiger partial charge in [-0.2, -0.15) is 0 Å². The molecule has 2 aromatic rings. The zero-order valence-electron chi connectivity index (χ0n) is 16.0. The van der Waals surface area contributed by atoms with Crippen LogP contribution in [0.25, 0.3) is 0 Å². The Bertz CT molecular complexity index is 926. The Morgan fingerprint density at radius 1 is 1.15 bits per heavy atom. The lowest BCUT2D eigenvalue weighted by Gasteiger charge is -2.33. The van der Waals surface area contributed by atoms with Gasteiger partial charge in [-0.25, -0.2) is 0 Å². The first-order chi connectivity index (χ1) is 13.0. The summed E-state index contributed by atoms with van der Waals surface area (Å²) in [5.74, 6) is 0.829. The van der Waals surface area contributed by atoms with E-state index in [4.69, 9.17) is 0 Å². The maximum Gasteiger partial charge on any atom is 0.268 e. The Morgan fingerprint density at radius 3 is 2.67 bits per heavy atom. The fourth-order valence-corrected chi connectivity index (χ4v) is 5.60. The van der Waals surface area contributed by atoms with Crippen molar-refractivity contribution in [3.63, 3.8) is 0 Å². The highest BCUT2D eigenvalue weighted by Gasteiger charge is 2.59. The molecule has 2 aliphatic rings. The van der Waals surface area contributed by atoms with Crippen molar-refractivity contribution in [1.29, 1.82) is 0 Å². The number of amides is 2. The second-order valence-electron chi connectivity index (χ2n) is 7.29. The molecule has 2 aliphatic heterocycles. The molecule has 0 aliphatic carbocycles. The summed E-state index contributed by atoms with van der Waals surface area (Å²) in [6.07, 6.45) is 0.411. The largest absolute Gasteiger partial charge is 0.315 e. The number of anilines is 1. The number of hydrogen-bond acceptors (Lipinski definition) is 3. The lowest BCUT2D eigenvalue weighted by atomic mass is 10.0. The summed E-state index contributed by atoms with van der Waals surface area (Å²) in [7, 11) is 0. The Balaban J connectivity index is 1.82. The number of benzene rings is 2. The molecule has 1 fully saturated rings. The van der Waals surface area contributed by atoms with E-state index in [2.05, 4.69) is 31.2 Å². The third-order valence-corrected chi connectivity index (χ3v) is 6.79. The fraction of sp³-hybridized carbons (Fsp3) is 0.364. The summed E-state index contributed by atoms with van der Waals surface area (Å²) in [5, 5.41) is 0. The lowest BCUT2D eigenvalue weighted by Crippen LogP contribution is -2.50. The lowest BCUT2D eigenvalue weighted by molar-refractivity contribution is -0.139. The van der Waals surface area contributed by atoms with E-state index < -0.39 is 4.87 Å². The van der Waals surface area contributed by atoms with Crippen LogP contribution in [-0.2, 0) is 21.0 Å². The predicted octanol–water partition coefficient (Wildman–Crippen LogP) is 3.99. The number of carbonyl (C=O) groups excluding carboxylic acids is 2. The molecular weight excluding hydrogens is 356 g/mol. The van der Waals surface area contributed by atoms with E-state index in [0.717, 1.165) is 28.1 Å². The van der Waals surface area contributed by atoms with Crippen LogP contribution >= 0.6 is 11.8 Å². The Morgan fingerprint density at radius 2 is 1.93 bits per heavy atom. The highest BCUT2D eigenvalue weighted by molar-refractivity contribution is 8.01. The summed E-state index contributed by atoms with van der Waals surface area (Å²) in [6, 6.07) is 14.4. The van der Waals surface area contributed by atoms with Gasteiger partial charge >= 0.3 is 0 Å². The zero-order chi connectivity index (χ0) is 19.2. The van der Waals surface area contributed by atoms with Crippen LogP contribution in [0.3, 0.4) is 0 Å². The van der Waals surface area contributed by atoms with E-state index >= 15 is 0 Å². The molecule has 0 saturated carbocycles. The van der Waals surface area contributed by atoms with Gasteiger partial charge in [-0.15, -0.1) is 11.8 Å². The minimum Gasteiger partial charge on any atom is -0.315 e. The van der Waals surface area contributed by atoms with Crippen molar-refractivity contribution in [2.45, 2.75) is 38.6 Å². The van der Waals surface area contributed by atoms with Crippen molar-refractivity contribution in [1.82, 2.24) is 4.90 Å². The molecule has 1 spiro atoms. The van der Waals surface area contributed by atoms with Gasteiger partial charge in [0, 0.05) is 24.3 Å². The van der Waals surface area contributed by atoms with Crippen molar-refractivity contribution in [3.8, 4) is 0 Å². The highest BCUT2D eigenvalue weighted by Crippen LogP contribution is 2.54. The SMILES string of the molecule is CCC(=O)N1CCS[C@@]12C(=O)N(Cc1cccc(C)c1)c1ccc(C)cc12. The maximum atomic E-state index is 13.7. The average Bonchev–Trinajstić information content (AvgIpc) is 3.19. The summed E-state index contributed by atoms with van der Waals surface area (Å²) in [5.41, 5.74) is 5.27. The predicted molar refractivity (Wildman–Crippen MR) is 110 cm³/mol. The molecule has 4 nitrogen and oxygen atoms in total. The van der Waals surface area contributed by atoms with E-state index in [1.807, 2.05) is 36.9 Å². The molecule has 2 aromatic carbocycles. The second-order valence-corrected chi connectivity index (χ2v) is 8.58. The summed E-state index contributed by atoms with van der Waals surface area (Å²) in [6.45, 7) is 7.09. The Kier molecular flexibility index (Phi) is 4.50. The van der Waals surface area contributed by atoms with Crippen LogP contribution in [0.1, 0.15) is 35.6 Å². The molecule has 27 heavy (non-hydrogen) atoms. The first kappa shape index (κ1) is 18.1. The minimum absolute atomic E-state index is 0.00825. The van der Waals surface area contributed by atoms with Crippen LogP contribution in [0.4, 0.5) is 5.69 Å². The Labute approximate surface area is 164 Å². The molecule has 4 rings (SSSR count). The smallest absolute Gasteiger partial charge is 0.268 e. The molecular formula is C22H24N2O2S. The van der Waals surface area contributed by atoms with Gasteiger partial charge in [0.2, 0.25) is 5.91 Å². The first-order valence-corrected chi connectivity index (χ1v) is 10.4. The standard InChI is InChI=1S/C22H24N2O2S/c1-4-20(25)24-10-11-27-22(24)18-13-16(3)8-9-19(18)23(21(22)26)14-17-7-5-6-15(2)12-17/h5-9,12-13H,4,10-11,14H2,1-3H3/t22-/m0/s1. The number of aryl methyl sites for hydroxylation is 2. The summed E-state index contributed by atoms with van der Waals surface area (Å²) >= 11 is 1.59. The molecule has 0 radical (unpaired) electrons. The number of hydrogen-bond donors (Lipinski definition) is 0. The van der Waals surface area contributed by atoms with Gasteiger partial charge in [0.25, 0.3) is 5.91 Å². The summed E-state index contributed by atoms with van der Waals surface area (Å²) in [4.78, 5) is 29.2. The number of nitrogens with zero attached hydrogens (tertiary/aromatic N) is 2. The fourth-order valence-electron chi connectivity index (χ4n) is 4.13. The minimum atomic E-state index is -0.904. The quantitative estimate of drug-likeness (QED) is 0.808. The molecule has 1 atom stereocenters. The molecule has 5 heteroatoms. The van der Waals surface area contributed by atoms with Gasteiger partial charge in [-0.3, -0.25) is 9.59 Å². The van der Waals surface area contributed by atoms with E-state index in [9.17, 15) is 9.59 Å². The van der Waals surface area contributed by atoms with E-state index in [0.29, 0.717) is 19.5 Å². The van der Waals surface area contributed by atoms with E-state index in [-0.39, 0.29) is 11.8 Å². The van der Waals surface area contributed by atoms with Gasteiger partial charge in [0.1, 0.15) is 0 Å². The van der Waals surface area contributed by atoms with Crippen LogP contribution in [0.2, 0.25) is 0 Å². The number of thioether (sulfide) groups is 1. The van der Waals surface area contributed by atoms with Gasteiger partial charge in [-0.1, -0.05) is 54.4 Å². The van der Waals surface area contributed by atoms with Gasteiger partial charge in [-0.05, 0) is 25.5 Å². The summed E-state index contributed by atoms with van der Waals surface area (Å²) < 4.78 is 0. The zero-order valence-corrected chi connectivity index (χ0v) is 16.8. The molecule has 0 aromatic heterocycles. The Hall–Kier alpha value is -2.27. The van der Waals surface area contributed by atoms with Crippen LogP contribution in [0, 0.1) is 13.8 Å². The van der Waals surface area contributed by atoms with Crippen molar-refractivity contribution in [2.24, 2.45) is 0 Å². The van der Waals surface area contributed by atoms with Gasteiger partial charge < -0.3 is 9.80 Å². The maximum absolute atomic E-state index is 13.7. The third-order valence-electron chi connectivity index (χ3n) is 5.38. The molecule has 140 valence electrons. The van der Waals surface area contributed by atoms with Gasteiger partial charge in [0.05, 0.1) is 12.2 Å². The molecule has 2 heterocycles. The van der Waals surface area contributed by atoms with Crippen molar-refractivity contribution >= 4 is 29.3 Å². The molecule has 0 bridgehead atoms. The molecule has 1 saturated heterocycles. The average molecular weight is 381 g/mol. The van der Waals surface area contributed by atoms with Crippen LogP contribution < -0.4 is 4.90 Å². The first-order valence-electron chi connectivity index (χ1n) is 9.40. The number of carbonyl (C=O) groups is 2. The number of fused-ring (bicyclic) bond motifs is 2. The number of rotatable bonds is 3. The second kappa shape index (κ2) is 6.71. The van der Waals surface area contributed by atoms with Crippen LogP contribution in [0.15, 0.2) is 42.5 Å². The third kappa shape index (κ3) is 2.76. The van der Waals surface area contributed by atoms with E-state index in [1.54, 1.807) is 16.7 Å². The van der Waals surface area contributed by atoms with Crippen LogP contribution in [0.5, 0.6) is 0 Å². The van der Waals surface area contributed by atoms with Crippen LogP contribution in [-0.4, -0.2) is 29.0 Å². The van der Waals surface area contributed by atoms with Crippen molar-refractivity contribution < 1.29 is 9.59 Å². The molecule has 0 unspecified atom stereocenters. The molecule has 0 N–H and O–H groups in total. The van der Waals surface area contributed by atoms with E-state index in [1.165, 1.54) is 5.56 Å². The topological polar surface area (TPSA) is 40.6 Å². The van der Waals surface area contributed by atoms with Crippen molar-refractivity contribution in [2.75, 3.05) is 17.2 Å². The molecule has 2 amide bonds. The van der Waals surface area contributed by atoms with Gasteiger partial charge in [0.15, 0.2) is 4.87 Å². The monoisotopic (exact) mass is 380 g/mol.